The topological polar surface area (TPSA) is 185 Å². The second kappa shape index (κ2) is 24.1. The molecule has 0 spiro atoms. The van der Waals surface area contributed by atoms with E-state index in [0.29, 0.717) is 92.8 Å². The van der Waals surface area contributed by atoms with Crippen molar-refractivity contribution < 1.29 is 54.9 Å². The molecule has 79 heavy (non-hydrogen) atoms. The highest BCUT2D eigenvalue weighted by Crippen LogP contribution is 2.56. The Kier molecular flexibility index (Phi) is 17.8. The summed E-state index contributed by atoms with van der Waals surface area (Å²) in [5, 5.41) is 14.1. The Balaban J connectivity index is 0.914. The minimum Gasteiger partial charge on any atom is -0.478 e. The zero-order valence-electron chi connectivity index (χ0n) is 43.9. The maximum absolute atomic E-state index is 15.0. The summed E-state index contributed by atoms with van der Waals surface area (Å²) in [5.74, 6) is -0.776. The molecule has 0 radical (unpaired) electrons. The van der Waals surface area contributed by atoms with E-state index in [-0.39, 0.29) is 47.8 Å². The second-order valence-electron chi connectivity index (χ2n) is 20.5. The number of nitrogens with zero attached hydrogens (tertiary/aromatic N) is 5. The van der Waals surface area contributed by atoms with Crippen LogP contribution < -0.4 is 25.1 Å². The Morgan fingerprint density at radius 3 is 2.10 bits per heavy atom. The minimum absolute atomic E-state index is 0.0257. The van der Waals surface area contributed by atoms with Crippen molar-refractivity contribution in [3.05, 3.63) is 138 Å². The standard InChI is InChI=1S/C56H64ClF3N6O9P2S2/c1-38(2)66-39(3)52(55(67)68)53(54(66)41-12-14-43(57)15-13-41)42-8-7-9-47(34-42)64-30-28-63(29-31-64)45-16-18-46(19-17-45)65-32-33-75-77(65,72)48-20-21-50(51(35-48)79(73,74)56(58,59)60)61-44(37-78-49-10-5-4-6-11-49)24-27-62-25-22-40(23-26-62)36-76(69,70)71/h4-21,34-35,38,40,44,61H,22-33,36-37H2,1-3H3,(H,67,68)(H2,69,70,71)/t44-,77-/m1/s1. The predicted octanol–water partition coefficient (Wildman–Crippen LogP) is 11.9. The van der Waals surface area contributed by atoms with Crippen LogP contribution in [0.4, 0.5) is 35.9 Å². The van der Waals surface area contributed by atoms with Crippen molar-refractivity contribution in [1.82, 2.24) is 9.47 Å². The number of carbonyl (C=O) groups is 1. The Morgan fingerprint density at radius 2 is 1.48 bits per heavy atom. The van der Waals surface area contributed by atoms with Gasteiger partial charge in [-0.15, -0.1) is 11.8 Å². The molecule has 0 unspecified atom stereocenters. The van der Waals surface area contributed by atoms with Gasteiger partial charge in [0.05, 0.1) is 41.6 Å². The number of aromatic nitrogens is 1. The number of aromatic carboxylic acids is 1. The summed E-state index contributed by atoms with van der Waals surface area (Å²) < 4.78 is 107. The third kappa shape index (κ3) is 13.1. The molecule has 3 saturated heterocycles. The summed E-state index contributed by atoms with van der Waals surface area (Å²) in [6, 6.07) is 34.9. The predicted molar refractivity (Wildman–Crippen MR) is 309 cm³/mol. The average Bonchev–Trinajstić information content (AvgIpc) is 4.14. The van der Waals surface area contributed by atoms with E-state index < -0.39 is 47.4 Å². The van der Waals surface area contributed by atoms with Crippen LogP contribution in [-0.4, -0.2) is 121 Å². The lowest BCUT2D eigenvalue weighted by Crippen LogP contribution is -2.46. The molecule has 15 nitrogen and oxygen atoms in total. The van der Waals surface area contributed by atoms with Crippen molar-refractivity contribution in [2.24, 2.45) is 5.92 Å². The number of benzene rings is 5. The molecule has 422 valence electrons. The molecular weight excluding hydrogens is 1120 g/mol. The number of piperidine rings is 1. The van der Waals surface area contributed by atoms with Crippen molar-refractivity contribution in [2.45, 2.75) is 67.4 Å². The van der Waals surface area contributed by atoms with Crippen LogP contribution in [0, 0.1) is 12.8 Å². The lowest BCUT2D eigenvalue weighted by molar-refractivity contribution is -0.0435. The highest BCUT2D eigenvalue weighted by molar-refractivity contribution is 7.99. The molecule has 0 bridgehead atoms. The molecule has 4 heterocycles. The Bertz CT molecular complexity index is 3350. The summed E-state index contributed by atoms with van der Waals surface area (Å²) in [4.78, 5) is 38.4. The molecule has 3 fully saturated rings. The number of thioether (sulfide) groups is 1. The fourth-order valence-electron chi connectivity index (χ4n) is 11.0. The largest absolute Gasteiger partial charge is 0.501 e. The first-order valence-electron chi connectivity index (χ1n) is 26.1. The summed E-state index contributed by atoms with van der Waals surface area (Å²) in [5.41, 5.74) is 0.289. The molecule has 3 aliphatic heterocycles. The molecule has 0 aliphatic carbocycles. The number of anilines is 4. The summed E-state index contributed by atoms with van der Waals surface area (Å²) in [7, 11) is -14.3. The van der Waals surface area contributed by atoms with Gasteiger partial charge in [-0.25, -0.2) is 13.2 Å². The minimum atomic E-state index is -5.99. The molecule has 2 atom stereocenters. The van der Waals surface area contributed by atoms with Crippen LogP contribution in [0.25, 0.3) is 22.4 Å². The third-order valence-corrected chi connectivity index (χ3v) is 21.4. The van der Waals surface area contributed by atoms with Crippen molar-refractivity contribution in [1.29, 1.82) is 0 Å². The number of likely N-dealkylation sites (tertiary alicyclic amines) is 1. The number of carboxylic acid groups (broad SMARTS) is 1. The first-order valence-corrected chi connectivity index (χ1v) is 32.4. The van der Waals surface area contributed by atoms with E-state index in [1.165, 1.54) is 28.6 Å². The zero-order valence-corrected chi connectivity index (χ0v) is 48.1. The van der Waals surface area contributed by atoms with Crippen LogP contribution in [0.2, 0.25) is 5.02 Å². The summed E-state index contributed by atoms with van der Waals surface area (Å²) >= 11 is 7.73. The molecular formula is C56H64ClF3N6O9P2S2. The number of halogens is 4. The smallest absolute Gasteiger partial charge is 0.478 e. The van der Waals surface area contributed by atoms with Crippen LogP contribution in [0.15, 0.2) is 131 Å². The van der Waals surface area contributed by atoms with Gasteiger partial charge in [0, 0.05) is 88.8 Å². The lowest BCUT2D eigenvalue weighted by atomic mass is 9.96. The van der Waals surface area contributed by atoms with Crippen LogP contribution in [0.1, 0.15) is 55.2 Å². The van der Waals surface area contributed by atoms with Gasteiger partial charge in [-0.3, -0.25) is 13.8 Å². The number of nitrogens with one attached hydrogen (secondary N) is 1. The second-order valence-corrected chi connectivity index (χ2v) is 27.9. The van der Waals surface area contributed by atoms with Gasteiger partial charge >= 0.3 is 26.6 Å². The molecule has 5 aromatic carbocycles. The number of alkyl halides is 3. The molecule has 0 amide bonds. The Labute approximate surface area is 468 Å². The van der Waals surface area contributed by atoms with Gasteiger partial charge in [0.2, 0.25) is 0 Å². The number of rotatable bonds is 19. The van der Waals surface area contributed by atoms with Gasteiger partial charge in [0.1, 0.15) is 4.90 Å². The van der Waals surface area contributed by atoms with Gasteiger partial charge in [0.15, 0.2) is 0 Å². The molecule has 0 saturated carbocycles. The van der Waals surface area contributed by atoms with E-state index in [1.54, 1.807) is 24.3 Å². The van der Waals surface area contributed by atoms with Gasteiger partial charge in [0.25, 0.3) is 9.84 Å². The van der Waals surface area contributed by atoms with Crippen molar-refractivity contribution in [3.63, 3.8) is 0 Å². The first-order chi connectivity index (χ1) is 37.5. The summed E-state index contributed by atoms with van der Waals surface area (Å²) in [6.45, 7) is 10.2. The maximum Gasteiger partial charge on any atom is 0.501 e. The van der Waals surface area contributed by atoms with E-state index >= 15 is 4.57 Å². The van der Waals surface area contributed by atoms with E-state index in [0.717, 1.165) is 39.2 Å². The quantitative estimate of drug-likeness (QED) is 0.0443. The normalized spacial score (nSPS) is 18.4. The fourth-order valence-corrected chi connectivity index (χ4v) is 16.4. The number of piperazine rings is 1. The van der Waals surface area contributed by atoms with Crippen LogP contribution in [0.3, 0.4) is 0 Å². The fraction of sp³-hybridized carbons (Fsp3) is 0.375. The average molecular weight is 1180 g/mol. The Morgan fingerprint density at radius 1 is 0.835 bits per heavy atom. The molecule has 9 rings (SSSR count). The number of hydrogen-bond acceptors (Lipinski definition) is 11. The van der Waals surface area contributed by atoms with Crippen molar-refractivity contribution in [2.75, 3.05) is 90.7 Å². The molecule has 1 aromatic heterocycles. The van der Waals surface area contributed by atoms with E-state index in [4.69, 9.17) is 16.1 Å². The van der Waals surface area contributed by atoms with Gasteiger partial charge in [-0.2, -0.15) is 13.2 Å². The number of hydrogen-bond donors (Lipinski definition) is 4. The highest BCUT2D eigenvalue weighted by Gasteiger charge is 2.49. The highest BCUT2D eigenvalue weighted by atomic mass is 35.5. The molecule has 23 heteroatoms. The molecule has 4 N–H and O–H groups in total. The van der Waals surface area contributed by atoms with E-state index in [2.05, 4.69) is 24.6 Å². The van der Waals surface area contributed by atoms with E-state index in [1.807, 2.05) is 99.6 Å². The number of carboxylic acids is 1. The monoisotopic (exact) mass is 1180 g/mol. The molecule has 3 aliphatic rings. The Hall–Kier alpha value is -5.27. The van der Waals surface area contributed by atoms with Crippen LogP contribution >= 0.6 is 38.5 Å². The summed E-state index contributed by atoms with van der Waals surface area (Å²) in [6.07, 6.45) is 1.39. The molecule has 6 aromatic rings. The van der Waals surface area contributed by atoms with Crippen LogP contribution in [-0.2, 0) is 23.5 Å². The van der Waals surface area contributed by atoms with Crippen molar-refractivity contribution >= 4 is 82.3 Å². The van der Waals surface area contributed by atoms with Crippen LogP contribution in [0.5, 0.6) is 0 Å². The lowest BCUT2D eigenvalue weighted by Gasteiger charge is -2.37. The van der Waals surface area contributed by atoms with Gasteiger partial charge in [-0.1, -0.05) is 54.1 Å². The third-order valence-electron chi connectivity index (χ3n) is 14.9. The van der Waals surface area contributed by atoms with Gasteiger partial charge in [-0.05, 0) is 149 Å². The first kappa shape index (κ1) is 58.4. The number of sulfone groups is 1. The van der Waals surface area contributed by atoms with Gasteiger partial charge < -0.3 is 44.0 Å². The van der Waals surface area contributed by atoms with E-state index in [9.17, 15) is 45.8 Å². The zero-order chi connectivity index (χ0) is 56.4. The van der Waals surface area contributed by atoms with Crippen molar-refractivity contribution in [3.8, 4) is 22.4 Å². The SMILES string of the molecule is Cc1c(C(=O)O)c(-c2cccc(N3CCN(c4ccc(N5CCO[P@]5(=O)c5ccc(N[C@H](CCN6CCC(CP(=O)(O)O)CC6)CSc6ccccc6)c(S(=O)(=O)C(F)(F)F)c5)cc4)CC3)c2)c(-c2ccc(Cl)cc2)n1C(C)C. The maximum atomic E-state index is 15.0.